The summed E-state index contributed by atoms with van der Waals surface area (Å²) in [6.07, 6.45) is 6.63. The van der Waals surface area contributed by atoms with Gasteiger partial charge in [0.15, 0.2) is 5.75 Å². The zero-order chi connectivity index (χ0) is 42.1. The zero-order valence-corrected chi connectivity index (χ0v) is 34.3. The molecule has 6 N–H and O–H groups in total. The number of nitrogens with one attached hydrogen (secondary N) is 1. The molecule has 9 unspecified atom stereocenters. The van der Waals surface area contributed by atoms with Gasteiger partial charge in [0, 0.05) is 73.3 Å². The molecule has 1 amide bonds. The molecule has 0 saturated carbocycles. The fourth-order valence-corrected chi connectivity index (χ4v) is 8.28. The van der Waals surface area contributed by atoms with Gasteiger partial charge in [-0.15, -0.1) is 0 Å². The largest absolute Gasteiger partial charge is 0.507 e. The number of aliphatic hydroxyl groups is 2. The van der Waals surface area contributed by atoms with Gasteiger partial charge < -0.3 is 49.8 Å². The summed E-state index contributed by atoms with van der Waals surface area (Å²) in [5, 5.41) is 60.8. The van der Waals surface area contributed by atoms with Crippen molar-refractivity contribution in [2.24, 2.45) is 23.7 Å². The molecule has 2 aromatic rings. The molecule has 1 saturated heterocycles. The highest BCUT2D eigenvalue weighted by Crippen LogP contribution is 2.55. The Balaban J connectivity index is 1.70. The van der Waals surface area contributed by atoms with Crippen LogP contribution in [0.25, 0.3) is 10.8 Å². The Morgan fingerprint density at radius 2 is 1.60 bits per heavy atom. The van der Waals surface area contributed by atoms with Gasteiger partial charge in [0.05, 0.1) is 41.2 Å². The summed E-state index contributed by atoms with van der Waals surface area (Å²) < 4.78 is 23.6. The second-order valence-corrected chi connectivity index (χ2v) is 16.0. The van der Waals surface area contributed by atoms with Crippen molar-refractivity contribution in [2.45, 2.75) is 111 Å². The molecular weight excluding hydrogens is 736 g/mol. The number of carbonyl (C=O) groups excluding carboxylic acids is 3. The number of carbonyl (C=O) groups is 3. The highest BCUT2D eigenvalue weighted by atomic mass is 16.7. The van der Waals surface area contributed by atoms with Crippen LogP contribution in [-0.4, -0.2) is 98.5 Å². The van der Waals surface area contributed by atoms with Crippen LogP contribution in [0, 0.1) is 30.6 Å². The standard InChI is InChI=1S/C43H58N2O12/c1-21-14-13-15-22(2)42(53)44-33-28(20-45-17-11-10-12-18-45)37(50)30-31(38(33)51)36(49)26(6)40-32(30)41(52)43(8,57-40)55-19-16-29(54-9)23(3)39(56-27(7)46)25(5)35(48)24(4)34(21)47/h13-16,19,21,23-25,29,34-35,39,47-51H,10-12,17-18,20H2,1-9H3,(H,44,53)/b14-13+,19-16+,22-15-. The van der Waals surface area contributed by atoms with Crippen LogP contribution in [0.3, 0.4) is 0 Å². The first kappa shape index (κ1) is 43.5. The van der Waals surface area contributed by atoms with Gasteiger partial charge >= 0.3 is 11.8 Å². The van der Waals surface area contributed by atoms with Crippen molar-refractivity contribution >= 4 is 34.1 Å². The van der Waals surface area contributed by atoms with Crippen LogP contribution in [0.15, 0.2) is 36.1 Å². The number of amides is 1. The number of ketones is 1. The number of anilines is 1. The quantitative estimate of drug-likeness (QED) is 0.124. The topological polar surface area (TPSA) is 205 Å². The van der Waals surface area contributed by atoms with E-state index in [9.17, 15) is 39.9 Å². The van der Waals surface area contributed by atoms with Crippen LogP contribution in [0.5, 0.6) is 23.0 Å². The normalized spacial score (nSPS) is 32.6. The molecule has 5 bridgehead atoms. The first-order valence-electron chi connectivity index (χ1n) is 19.6. The monoisotopic (exact) mass is 794 g/mol. The number of fused-ring (bicyclic) bond motifs is 14. The average molecular weight is 795 g/mol. The van der Waals surface area contributed by atoms with Crippen LogP contribution >= 0.6 is 0 Å². The van der Waals surface area contributed by atoms with Gasteiger partial charge in [0.2, 0.25) is 0 Å². The summed E-state index contributed by atoms with van der Waals surface area (Å²) in [6.45, 7) is 14.2. The molecule has 0 spiro atoms. The Morgan fingerprint density at radius 1 is 0.930 bits per heavy atom. The number of piperidine rings is 1. The number of phenolic OH excluding ortho intramolecular Hbond substituents is 3. The van der Waals surface area contributed by atoms with Crippen molar-refractivity contribution in [3.05, 3.63) is 52.8 Å². The smallest absolute Gasteiger partial charge is 0.312 e. The summed E-state index contributed by atoms with van der Waals surface area (Å²) in [5.41, 5.74) is 0.236. The van der Waals surface area contributed by atoms with E-state index in [0.717, 1.165) is 19.3 Å². The maximum absolute atomic E-state index is 14.4. The lowest BCUT2D eigenvalue weighted by Crippen LogP contribution is -2.46. The van der Waals surface area contributed by atoms with Crippen molar-refractivity contribution in [1.29, 1.82) is 0 Å². The van der Waals surface area contributed by atoms with E-state index in [4.69, 9.17) is 18.9 Å². The number of methoxy groups -OCH3 is 1. The maximum atomic E-state index is 14.4. The van der Waals surface area contributed by atoms with Gasteiger partial charge in [-0.1, -0.05) is 52.3 Å². The number of Topliss-reactive ketones (excluding diaryl/α,β-unsaturated/α-hetero) is 1. The summed E-state index contributed by atoms with van der Waals surface area (Å²) in [5.74, 6) is -7.77. The number of rotatable bonds is 4. The zero-order valence-electron chi connectivity index (χ0n) is 34.3. The molecule has 1 fully saturated rings. The minimum absolute atomic E-state index is 0.0488. The van der Waals surface area contributed by atoms with Crippen molar-refractivity contribution in [3.8, 4) is 23.0 Å². The number of esters is 1. The number of ether oxygens (including phenoxy) is 4. The lowest BCUT2D eigenvalue weighted by atomic mass is 9.78. The minimum Gasteiger partial charge on any atom is -0.507 e. The average Bonchev–Trinajstić information content (AvgIpc) is 3.44. The Labute approximate surface area is 333 Å². The third kappa shape index (κ3) is 8.50. The summed E-state index contributed by atoms with van der Waals surface area (Å²) in [4.78, 5) is 42.6. The van der Waals surface area contributed by atoms with Gasteiger partial charge in [-0.3, -0.25) is 19.3 Å². The highest BCUT2D eigenvalue weighted by Gasteiger charge is 2.50. The molecule has 9 atom stereocenters. The van der Waals surface area contributed by atoms with E-state index in [0.29, 0.717) is 13.1 Å². The molecule has 0 aromatic heterocycles. The number of likely N-dealkylation sites (tertiary alicyclic amines) is 1. The number of aromatic hydroxyl groups is 3. The Kier molecular flexibility index (Phi) is 13.3. The van der Waals surface area contributed by atoms with Gasteiger partial charge in [0.25, 0.3) is 11.7 Å². The van der Waals surface area contributed by atoms with E-state index < -0.39 is 88.8 Å². The van der Waals surface area contributed by atoms with Crippen molar-refractivity contribution in [3.63, 3.8) is 0 Å². The number of nitrogens with zero attached hydrogens (tertiary/aromatic N) is 1. The first-order chi connectivity index (χ1) is 26.8. The number of phenols is 3. The number of aliphatic hydroxyl groups excluding tert-OH is 2. The second kappa shape index (κ2) is 17.5. The summed E-state index contributed by atoms with van der Waals surface area (Å²) in [6, 6.07) is 0. The summed E-state index contributed by atoms with van der Waals surface area (Å²) >= 11 is 0. The Hall–Kier alpha value is -4.63. The minimum atomic E-state index is -2.00. The Bertz CT molecular complexity index is 1970. The fourth-order valence-electron chi connectivity index (χ4n) is 8.28. The molecule has 4 aliphatic heterocycles. The molecule has 2 aromatic carbocycles. The molecule has 4 aliphatic rings. The van der Waals surface area contributed by atoms with Crippen LogP contribution in [0.4, 0.5) is 5.69 Å². The van der Waals surface area contributed by atoms with E-state index in [1.54, 1.807) is 46.8 Å². The van der Waals surface area contributed by atoms with Crippen molar-refractivity contribution in [2.75, 3.05) is 25.5 Å². The Morgan fingerprint density at radius 3 is 2.23 bits per heavy atom. The van der Waals surface area contributed by atoms with Gasteiger partial charge in [0.1, 0.15) is 23.4 Å². The number of allylic oxidation sites excluding steroid dienone is 2. The number of hydrogen-bond donors (Lipinski definition) is 6. The third-order valence-corrected chi connectivity index (χ3v) is 11.9. The molecule has 0 radical (unpaired) electrons. The van der Waals surface area contributed by atoms with E-state index in [2.05, 4.69) is 10.2 Å². The van der Waals surface area contributed by atoms with E-state index in [1.165, 1.54) is 46.3 Å². The molecule has 14 nitrogen and oxygen atoms in total. The molecular formula is C43H58N2O12. The molecule has 312 valence electrons. The molecule has 57 heavy (non-hydrogen) atoms. The molecule has 0 aliphatic carbocycles. The van der Waals surface area contributed by atoms with Gasteiger partial charge in [-0.05, 0) is 45.9 Å². The lowest BCUT2D eigenvalue weighted by Gasteiger charge is -2.38. The van der Waals surface area contributed by atoms with Crippen LogP contribution in [0.2, 0.25) is 0 Å². The predicted octanol–water partition coefficient (Wildman–Crippen LogP) is 5.74. The molecule has 4 heterocycles. The maximum Gasteiger partial charge on any atom is 0.312 e. The number of hydrogen-bond acceptors (Lipinski definition) is 13. The SMILES string of the molecule is COC1/C=C/OC2(C)Oc3c(C)c(O)c4c(O)c(c(CN5CCCCC5)c(O)c4c3C2=O)NC(=O)/C(C)=C\C=C\C(C)C(O)C(C)C(O)C(C)C(OC(C)=O)C1C. The third-order valence-electron chi connectivity index (χ3n) is 11.9. The van der Waals surface area contributed by atoms with E-state index in [-0.39, 0.29) is 51.0 Å². The first-order valence-corrected chi connectivity index (χ1v) is 19.6. The van der Waals surface area contributed by atoms with Crippen LogP contribution < -0.4 is 10.1 Å². The van der Waals surface area contributed by atoms with Crippen LogP contribution in [0.1, 0.15) is 89.2 Å². The van der Waals surface area contributed by atoms with Crippen molar-refractivity contribution in [1.82, 2.24) is 4.90 Å². The second-order valence-electron chi connectivity index (χ2n) is 16.0. The fraction of sp³-hybridized carbons (Fsp3) is 0.558. The molecule has 6 rings (SSSR count). The lowest BCUT2D eigenvalue weighted by molar-refractivity contribution is -0.160. The number of benzene rings is 2. The predicted molar refractivity (Wildman–Crippen MR) is 213 cm³/mol. The van der Waals surface area contributed by atoms with E-state index >= 15 is 0 Å². The van der Waals surface area contributed by atoms with E-state index in [1.807, 2.05) is 0 Å². The highest BCUT2D eigenvalue weighted by molar-refractivity contribution is 6.22. The van der Waals surface area contributed by atoms with Crippen molar-refractivity contribution < 1.29 is 58.9 Å². The van der Waals surface area contributed by atoms with Gasteiger partial charge in [-0.25, -0.2) is 0 Å². The van der Waals surface area contributed by atoms with Gasteiger partial charge in [-0.2, -0.15) is 0 Å². The van der Waals surface area contributed by atoms with Crippen LogP contribution in [-0.2, 0) is 30.3 Å². The summed E-state index contributed by atoms with van der Waals surface area (Å²) in [7, 11) is 1.45. The molecule has 14 heteroatoms.